The van der Waals surface area contributed by atoms with Crippen molar-refractivity contribution in [1.82, 2.24) is 0 Å². The maximum Gasteiger partial charge on any atom is 0.196 e. The van der Waals surface area contributed by atoms with Crippen LogP contribution in [0.3, 0.4) is 0 Å². The lowest BCUT2D eigenvalue weighted by molar-refractivity contribution is -0.170. The molecule has 0 unspecified atom stereocenters. The van der Waals surface area contributed by atoms with Crippen LogP contribution in [-0.4, -0.2) is 13.2 Å². The number of hydrogen-bond donors (Lipinski definition) is 0. The number of hydrogen-bond acceptors (Lipinski definition) is 2. The minimum Gasteiger partial charge on any atom is -0.343 e. The first kappa shape index (κ1) is 13.4. The van der Waals surface area contributed by atoms with Gasteiger partial charge in [-0.15, -0.1) is 0 Å². The van der Waals surface area contributed by atoms with E-state index in [-0.39, 0.29) is 0 Å². The third-order valence-corrected chi connectivity index (χ3v) is 4.49. The Kier molecular flexibility index (Phi) is 3.84. The lowest BCUT2D eigenvalue weighted by atomic mass is 9.88. The average Bonchev–Trinajstić information content (AvgIpc) is 2.88. The van der Waals surface area contributed by atoms with Gasteiger partial charge in [-0.1, -0.05) is 24.9 Å². The van der Waals surface area contributed by atoms with Gasteiger partial charge in [0, 0.05) is 17.0 Å². The van der Waals surface area contributed by atoms with Crippen molar-refractivity contribution in [3.05, 3.63) is 33.8 Å². The standard InChI is InChI=1S/C16H21ClO2/c1-2-7-16(18-8-9-19-16)14-10-12-5-3-4-6-13(12)11-15(14)17/h10-11H,2-9H2,1H3. The minimum absolute atomic E-state index is 0.599. The molecule has 0 bridgehead atoms. The van der Waals surface area contributed by atoms with Gasteiger partial charge in [0.15, 0.2) is 5.79 Å². The van der Waals surface area contributed by atoms with Crippen molar-refractivity contribution < 1.29 is 9.47 Å². The first-order chi connectivity index (χ1) is 9.25. The van der Waals surface area contributed by atoms with Gasteiger partial charge in [-0.25, -0.2) is 0 Å². The quantitative estimate of drug-likeness (QED) is 0.825. The summed E-state index contributed by atoms with van der Waals surface area (Å²) in [7, 11) is 0. The topological polar surface area (TPSA) is 18.5 Å². The Labute approximate surface area is 120 Å². The van der Waals surface area contributed by atoms with Crippen LogP contribution in [0, 0.1) is 0 Å². The van der Waals surface area contributed by atoms with E-state index < -0.39 is 5.79 Å². The van der Waals surface area contributed by atoms with E-state index in [2.05, 4.69) is 19.1 Å². The molecular weight excluding hydrogens is 260 g/mol. The van der Waals surface area contributed by atoms with E-state index in [1.54, 1.807) is 0 Å². The van der Waals surface area contributed by atoms with Crippen LogP contribution in [0.15, 0.2) is 12.1 Å². The predicted octanol–water partition coefficient (Wildman–Crippen LogP) is 4.22. The van der Waals surface area contributed by atoms with Crippen molar-refractivity contribution in [3.63, 3.8) is 0 Å². The molecule has 2 aliphatic rings. The zero-order chi connectivity index (χ0) is 13.3. The number of benzene rings is 1. The van der Waals surface area contributed by atoms with E-state index in [0.29, 0.717) is 13.2 Å². The molecule has 1 aromatic rings. The predicted molar refractivity (Wildman–Crippen MR) is 76.6 cm³/mol. The largest absolute Gasteiger partial charge is 0.343 e. The van der Waals surface area contributed by atoms with Gasteiger partial charge in [0.05, 0.1) is 13.2 Å². The van der Waals surface area contributed by atoms with E-state index in [0.717, 1.165) is 36.3 Å². The second-order valence-corrected chi connectivity index (χ2v) is 5.91. The number of rotatable bonds is 3. The lowest BCUT2D eigenvalue weighted by Crippen LogP contribution is -2.28. The van der Waals surface area contributed by atoms with E-state index >= 15 is 0 Å². The molecule has 0 radical (unpaired) electrons. The monoisotopic (exact) mass is 280 g/mol. The Bertz CT molecular complexity index is 464. The Morgan fingerprint density at radius 2 is 1.74 bits per heavy atom. The summed E-state index contributed by atoms with van der Waals surface area (Å²) in [6, 6.07) is 4.37. The van der Waals surface area contributed by atoms with Crippen LogP contribution in [0.4, 0.5) is 0 Å². The SMILES string of the molecule is CCCC1(c2cc3c(cc2Cl)CCCC3)OCCO1. The average molecular weight is 281 g/mol. The Balaban J connectivity index is 2.03. The highest BCUT2D eigenvalue weighted by molar-refractivity contribution is 6.31. The Hall–Kier alpha value is -0.570. The first-order valence-corrected chi connectivity index (χ1v) is 7.73. The molecule has 3 heteroatoms. The fraction of sp³-hybridized carbons (Fsp3) is 0.625. The van der Waals surface area contributed by atoms with E-state index in [4.69, 9.17) is 21.1 Å². The molecule has 1 heterocycles. The molecule has 1 saturated heterocycles. The van der Waals surface area contributed by atoms with Gasteiger partial charge >= 0.3 is 0 Å². The molecule has 1 aliphatic heterocycles. The summed E-state index contributed by atoms with van der Waals surface area (Å²) in [5.74, 6) is -0.599. The third kappa shape index (κ3) is 2.42. The molecule has 2 nitrogen and oxygen atoms in total. The summed E-state index contributed by atoms with van der Waals surface area (Å²) in [5.41, 5.74) is 3.87. The first-order valence-electron chi connectivity index (χ1n) is 7.35. The molecule has 0 N–H and O–H groups in total. The molecule has 1 fully saturated rings. The maximum absolute atomic E-state index is 6.51. The summed E-state index contributed by atoms with van der Waals surface area (Å²) in [4.78, 5) is 0. The minimum atomic E-state index is -0.599. The van der Waals surface area contributed by atoms with Gasteiger partial charge in [-0.05, 0) is 48.9 Å². The van der Waals surface area contributed by atoms with Gasteiger partial charge in [0.2, 0.25) is 0 Å². The molecule has 0 atom stereocenters. The zero-order valence-electron chi connectivity index (χ0n) is 11.5. The smallest absolute Gasteiger partial charge is 0.196 e. The summed E-state index contributed by atoms with van der Waals surface area (Å²) < 4.78 is 11.9. The highest BCUT2D eigenvalue weighted by Gasteiger charge is 2.39. The molecule has 104 valence electrons. The fourth-order valence-electron chi connectivity index (χ4n) is 3.27. The lowest BCUT2D eigenvalue weighted by Gasteiger charge is -2.30. The summed E-state index contributed by atoms with van der Waals surface area (Å²) in [6.45, 7) is 3.47. The van der Waals surface area contributed by atoms with Crippen molar-refractivity contribution in [2.75, 3.05) is 13.2 Å². The molecule has 1 aromatic carbocycles. The normalized spacial score (nSPS) is 21.4. The van der Waals surface area contributed by atoms with Crippen LogP contribution in [0.25, 0.3) is 0 Å². The van der Waals surface area contributed by atoms with Crippen molar-refractivity contribution in [3.8, 4) is 0 Å². The van der Waals surface area contributed by atoms with Gasteiger partial charge in [0.25, 0.3) is 0 Å². The van der Waals surface area contributed by atoms with E-state index in [1.807, 2.05) is 0 Å². The fourth-order valence-corrected chi connectivity index (χ4v) is 3.60. The second kappa shape index (κ2) is 5.43. The van der Waals surface area contributed by atoms with Gasteiger partial charge in [0.1, 0.15) is 0 Å². The number of halogens is 1. The number of ether oxygens (including phenoxy) is 2. The van der Waals surface area contributed by atoms with Gasteiger partial charge in [-0.2, -0.15) is 0 Å². The number of fused-ring (bicyclic) bond motifs is 1. The van der Waals surface area contributed by atoms with Crippen molar-refractivity contribution in [2.24, 2.45) is 0 Å². The van der Waals surface area contributed by atoms with Crippen LogP contribution in [-0.2, 0) is 28.1 Å². The van der Waals surface area contributed by atoms with E-state index in [9.17, 15) is 0 Å². The molecule has 0 saturated carbocycles. The van der Waals surface area contributed by atoms with Gasteiger partial charge in [-0.3, -0.25) is 0 Å². The van der Waals surface area contributed by atoms with Crippen LogP contribution in [0.5, 0.6) is 0 Å². The molecule has 0 spiro atoms. The maximum atomic E-state index is 6.51. The number of aryl methyl sites for hydroxylation is 2. The highest BCUT2D eigenvalue weighted by Crippen LogP contribution is 2.41. The van der Waals surface area contributed by atoms with Crippen molar-refractivity contribution in [1.29, 1.82) is 0 Å². The molecule has 3 rings (SSSR count). The van der Waals surface area contributed by atoms with Crippen LogP contribution in [0.1, 0.15) is 49.3 Å². The summed E-state index contributed by atoms with van der Waals surface area (Å²) in [5, 5.41) is 0.802. The zero-order valence-corrected chi connectivity index (χ0v) is 12.3. The van der Waals surface area contributed by atoms with E-state index in [1.165, 1.54) is 24.0 Å². The molecule has 0 amide bonds. The third-order valence-electron chi connectivity index (χ3n) is 4.17. The van der Waals surface area contributed by atoms with Crippen LogP contribution in [0.2, 0.25) is 5.02 Å². The van der Waals surface area contributed by atoms with Crippen LogP contribution < -0.4 is 0 Å². The Morgan fingerprint density at radius 1 is 1.11 bits per heavy atom. The Morgan fingerprint density at radius 3 is 2.37 bits per heavy atom. The second-order valence-electron chi connectivity index (χ2n) is 5.51. The summed E-state index contributed by atoms with van der Waals surface area (Å²) in [6.07, 6.45) is 6.74. The van der Waals surface area contributed by atoms with Crippen LogP contribution >= 0.6 is 11.6 Å². The van der Waals surface area contributed by atoms with Gasteiger partial charge < -0.3 is 9.47 Å². The highest BCUT2D eigenvalue weighted by atomic mass is 35.5. The molecular formula is C16H21ClO2. The van der Waals surface area contributed by atoms with Crippen molar-refractivity contribution >= 4 is 11.6 Å². The molecule has 1 aliphatic carbocycles. The molecule has 0 aromatic heterocycles. The molecule has 19 heavy (non-hydrogen) atoms. The van der Waals surface area contributed by atoms with Crippen molar-refractivity contribution in [2.45, 2.75) is 51.2 Å². The summed E-state index contributed by atoms with van der Waals surface area (Å²) >= 11 is 6.51.